The van der Waals surface area contributed by atoms with Crippen LogP contribution in [-0.2, 0) is 4.79 Å². The van der Waals surface area contributed by atoms with E-state index in [1.165, 1.54) is 4.90 Å². The van der Waals surface area contributed by atoms with Crippen LogP contribution in [-0.4, -0.2) is 42.0 Å². The highest BCUT2D eigenvalue weighted by atomic mass is 16.2. The van der Waals surface area contributed by atoms with Crippen LogP contribution in [0.1, 0.15) is 25.7 Å². The van der Waals surface area contributed by atoms with Gasteiger partial charge in [0.05, 0.1) is 12.1 Å². The Morgan fingerprint density at radius 1 is 1.35 bits per heavy atom. The first kappa shape index (κ1) is 11.9. The molecule has 2 atom stereocenters. The van der Waals surface area contributed by atoms with E-state index in [0.717, 1.165) is 25.8 Å². The van der Waals surface area contributed by atoms with E-state index in [-0.39, 0.29) is 18.0 Å². The van der Waals surface area contributed by atoms with Crippen molar-refractivity contribution in [2.75, 3.05) is 13.1 Å². The zero-order valence-electron chi connectivity index (χ0n) is 9.61. The molecule has 2 fully saturated rings. The lowest BCUT2D eigenvalue weighted by Crippen LogP contribution is -2.49. The normalized spacial score (nSPS) is 27.8. The second kappa shape index (κ2) is 5.15. The fraction of sp³-hybridized carbons (Fsp3) is 0.727. The quantitative estimate of drug-likeness (QED) is 0.669. The van der Waals surface area contributed by atoms with E-state index >= 15 is 0 Å². The molecule has 0 aromatic rings. The lowest BCUT2D eigenvalue weighted by molar-refractivity contribution is -0.121. The Morgan fingerprint density at radius 2 is 2.18 bits per heavy atom. The first-order chi connectivity index (χ1) is 8.22. The molecular formula is C11H16N4O2. The molecule has 2 rings (SSSR count). The average molecular weight is 236 g/mol. The van der Waals surface area contributed by atoms with Gasteiger partial charge in [-0.25, -0.2) is 4.79 Å². The first-order valence-electron chi connectivity index (χ1n) is 5.97. The predicted molar refractivity (Wildman–Crippen MR) is 59.9 cm³/mol. The lowest BCUT2D eigenvalue weighted by atomic mass is 10.2. The summed E-state index contributed by atoms with van der Waals surface area (Å²) in [5, 5.41) is 14.3. The van der Waals surface area contributed by atoms with Gasteiger partial charge >= 0.3 is 6.03 Å². The van der Waals surface area contributed by atoms with Crippen LogP contribution in [0.25, 0.3) is 0 Å². The van der Waals surface area contributed by atoms with Crippen molar-refractivity contribution in [2.45, 2.75) is 37.8 Å². The van der Waals surface area contributed by atoms with Crippen LogP contribution in [0.2, 0.25) is 0 Å². The molecule has 2 N–H and O–H groups in total. The van der Waals surface area contributed by atoms with E-state index in [0.29, 0.717) is 13.0 Å². The smallest absolute Gasteiger partial charge is 0.308 e. The summed E-state index contributed by atoms with van der Waals surface area (Å²) in [6.45, 7) is 1.37. The van der Waals surface area contributed by atoms with Gasteiger partial charge in [-0.05, 0) is 32.2 Å². The van der Waals surface area contributed by atoms with Gasteiger partial charge in [0, 0.05) is 6.54 Å². The molecule has 0 unspecified atom stereocenters. The number of hydrogen-bond acceptors (Lipinski definition) is 4. The Morgan fingerprint density at radius 3 is 2.82 bits per heavy atom. The zero-order valence-corrected chi connectivity index (χ0v) is 9.61. The maximum atomic E-state index is 11.8. The van der Waals surface area contributed by atoms with Crippen molar-refractivity contribution in [3.05, 3.63) is 0 Å². The summed E-state index contributed by atoms with van der Waals surface area (Å²) in [4.78, 5) is 24.9. The third-order valence-corrected chi connectivity index (χ3v) is 3.27. The van der Waals surface area contributed by atoms with Crippen LogP contribution < -0.4 is 10.6 Å². The second-order valence-corrected chi connectivity index (χ2v) is 4.42. The van der Waals surface area contributed by atoms with E-state index < -0.39 is 6.03 Å². The van der Waals surface area contributed by atoms with Gasteiger partial charge in [-0.15, -0.1) is 0 Å². The monoisotopic (exact) mass is 236 g/mol. The van der Waals surface area contributed by atoms with Crippen LogP contribution in [0, 0.1) is 11.3 Å². The molecule has 0 aromatic carbocycles. The van der Waals surface area contributed by atoms with Crippen LogP contribution >= 0.6 is 0 Å². The molecule has 0 spiro atoms. The van der Waals surface area contributed by atoms with Crippen LogP contribution in [0.15, 0.2) is 0 Å². The van der Waals surface area contributed by atoms with E-state index in [4.69, 9.17) is 5.26 Å². The number of carbonyl (C=O) groups excluding carboxylic acids is 2. The Labute approximate surface area is 100.0 Å². The van der Waals surface area contributed by atoms with Crippen molar-refractivity contribution in [1.82, 2.24) is 15.5 Å². The molecule has 2 saturated heterocycles. The van der Waals surface area contributed by atoms with Crippen LogP contribution in [0.3, 0.4) is 0 Å². The maximum Gasteiger partial charge on any atom is 0.325 e. The summed E-state index contributed by atoms with van der Waals surface area (Å²) in [5.74, 6) is -0.281. The molecule has 0 saturated carbocycles. The zero-order chi connectivity index (χ0) is 12.3. The van der Waals surface area contributed by atoms with Crippen molar-refractivity contribution in [3.63, 3.8) is 0 Å². The summed E-state index contributed by atoms with van der Waals surface area (Å²) in [7, 11) is 0. The maximum absolute atomic E-state index is 11.8. The number of urea groups is 1. The molecule has 0 aliphatic carbocycles. The van der Waals surface area contributed by atoms with Crippen molar-refractivity contribution in [1.29, 1.82) is 5.26 Å². The van der Waals surface area contributed by atoms with E-state index in [1.807, 2.05) is 0 Å². The fourth-order valence-corrected chi connectivity index (χ4v) is 2.32. The summed E-state index contributed by atoms with van der Waals surface area (Å²) in [5.41, 5.74) is 0. The topological polar surface area (TPSA) is 85.2 Å². The van der Waals surface area contributed by atoms with Crippen LogP contribution in [0.4, 0.5) is 4.79 Å². The molecule has 92 valence electrons. The summed E-state index contributed by atoms with van der Waals surface area (Å²) in [6.07, 6.45) is 3.24. The minimum absolute atomic E-state index is 0.262. The number of nitrogens with one attached hydrogen (secondary N) is 2. The van der Waals surface area contributed by atoms with E-state index in [1.54, 1.807) is 0 Å². The van der Waals surface area contributed by atoms with Crippen molar-refractivity contribution >= 4 is 11.9 Å². The predicted octanol–water partition coefficient (Wildman–Crippen LogP) is -0.0374. The minimum atomic E-state index is -0.437. The van der Waals surface area contributed by atoms with Crippen molar-refractivity contribution in [2.24, 2.45) is 0 Å². The average Bonchev–Trinajstić information content (AvgIpc) is 2.99. The van der Waals surface area contributed by atoms with Crippen LogP contribution in [0.5, 0.6) is 0 Å². The van der Waals surface area contributed by atoms with Gasteiger partial charge in [-0.3, -0.25) is 10.1 Å². The summed E-state index contributed by atoms with van der Waals surface area (Å²) < 4.78 is 0. The Bertz CT molecular complexity index is 357. The number of nitriles is 1. The fourth-order valence-electron chi connectivity index (χ4n) is 2.32. The number of amides is 3. The Balaban J connectivity index is 1.88. The largest absolute Gasteiger partial charge is 0.325 e. The SMILES string of the molecule is N#C[C@@H]1CCCN1C(=O)NC(=O)[C@@H]1CCCN1. The van der Waals surface area contributed by atoms with Gasteiger partial charge in [-0.2, -0.15) is 5.26 Å². The minimum Gasteiger partial charge on any atom is -0.308 e. The van der Waals surface area contributed by atoms with E-state index in [2.05, 4.69) is 16.7 Å². The van der Waals surface area contributed by atoms with Gasteiger partial charge in [-0.1, -0.05) is 0 Å². The Hall–Kier alpha value is -1.61. The Kier molecular flexibility index (Phi) is 3.59. The third kappa shape index (κ3) is 2.56. The molecule has 3 amide bonds. The van der Waals surface area contributed by atoms with Gasteiger partial charge in [0.1, 0.15) is 6.04 Å². The summed E-state index contributed by atoms with van der Waals surface area (Å²) in [6, 6.07) is 0.987. The van der Waals surface area contributed by atoms with Gasteiger partial charge in [0.15, 0.2) is 0 Å². The standard InChI is InChI=1S/C11H16N4O2/c12-7-8-3-2-6-15(8)11(17)14-10(16)9-4-1-5-13-9/h8-9,13H,1-6H2,(H,14,16,17)/t8-,9-/m0/s1. The van der Waals surface area contributed by atoms with E-state index in [9.17, 15) is 9.59 Å². The first-order valence-corrected chi connectivity index (χ1v) is 5.97. The molecule has 2 aliphatic rings. The number of carbonyl (C=O) groups is 2. The van der Waals surface area contributed by atoms with Gasteiger partial charge < -0.3 is 10.2 Å². The molecule has 2 heterocycles. The third-order valence-electron chi connectivity index (χ3n) is 3.27. The number of nitrogens with zero attached hydrogens (tertiary/aromatic N) is 2. The van der Waals surface area contributed by atoms with Crippen molar-refractivity contribution in [3.8, 4) is 6.07 Å². The molecule has 0 bridgehead atoms. The lowest BCUT2D eigenvalue weighted by Gasteiger charge is -2.20. The number of likely N-dealkylation sites (tertiary alicyclic amines) is 1. The molecule has 0 radical (unpaired) electrons. The van der Waals surface area contributed by atoms with Gasteiger partial charge in [0.2, 0.25) is 5.91 Å². The highest BCUT2D eigenvalue weighted by Gasteiger charge is 2.31. The number of hydrogen-bond donors (Lipinski definition) is 2. The number of imide groups is 1. The highest BCUT2D eigenvalue weighted by Crippen LogP contribution is 2.16. The second-order valence-electron chi connectivity index (χ2n) is 4.42. The molecule has 2 aliphatic heterocycles. The molecular weight excluding hydrogens is 220 g/mol. The molecule has 0 aromatic heterocycles. The molecule has 6 heteroatoms. The number of rotatable bonds is 1. The molecule has 6 nitrogen and oxygen atoms in total. The van der Waals surface area contributed by atoms with Gasteiger partial charge in [0.25, 0.3) is 0 Å². The molecule has 17 heavy (non-hydrogen) atoms. The summed E-state index contributed by atoms with van der Waals surface area (Å²) >= 11 is 0. The highest BCUT2D eigenvalue weighted by molar-refractivity contribution is 5.97. The van der Waals surface area contributed by atoms with Crippen molar-refractivity contribution < 1.29 is 9.59 Å².